The molecule has 6 aromatic carbocycles. The summed E-state index contributed by atoms with van der Waals surface area (Å²) in [7, 11) is 0. The maximum atomic E-state index is 5.67. The van der Waals surface area contributed by atoms with Gasteiger partial charge in [-0.2, -0.15) is 0 Å². The van der Waals surface area contributed by atoms with Crippen LogP contribution in [-0.4, -0.2) is 19.5 Å². The zero-order chi connectivity index (χ0) is 37.0. The first kappa shape index (κ1) is 32.0. The molecule has 0 spiro atoms. The average Bonchev–Trinajstić information content (AvgIpc) is 3.54. The van der Waals surface area contributed by atoms with Crippen LogP contribution in [0.5, 0.6) is 0 Å². The largest absolute Gasteiger partial charge is 0.307 e. The number of hydrogen-bond donors (Lipinski definition) is 0. The lowest BCUT2D eigenvalue weighted by Crippen LogP contribution is -2.06. The molecule has 56 heavy (non-hydrogen) atoms. The second-order valence-electron chi connectivity index (χ2n) is 14.4. The van der Waals surface area contributed by atoms with E-state index in [1.165, 1.54) is 27.8 Å². The first-order chi connectivity index (χ1) is 27.8. The van der Waals surface area contributed by atoms with Gasteiger partial charge < -0.3 is 4.57 Å². The summed E-state index contributed by atoms with van der Waals surface area (Å²) < 4.78 is 2.35. The number of rotatable bonds is 5. The van der Waals surface area contributed by atoms with Crippen LogP contribution >= 0.6 is 0 Å². The van der Waals surface area contributed by atoms with E-state index in [2.05, 4.69) is 187 Å². The lowest BCUT2D eigenvalue weighted by atomic mass is 9.83. The molecule has 0 aliphatic heterocycles. The predicted molar refractivity (Wildman–Crippen MR) is 229 cm³/mol. The van der Waals surface area contributed by atoms with E-state index in [1.807, 2.05) is 18.3 Å². The van der Waals surface area contributed by atoms with Gasteiger partial charge in [0, 0.05) is 34.3 Å². The Bertz CT molecular complexity index is 3020. The van der Waals surface area contributed by atoms with Crippen molar-refractivity contribution in [1.82, 2.24) is 19.5 Å². The minimum atomic E-state index is -0.0208. The molecule has 262 valence electrons. The Kier molecular flexibility index (Phi) is 7.52. The highest BCUT2D eigenvalue weighted by Gasteiger charge is 2.31. The average molecular weight is 715 g/mol. The molecule has 4 aromatic heterocycles. The van der Waals surface area contributed by atoms with Crippen molar-refractivity contribution in [3.05, 3.63) is 217 Å². The summed E-state index contributed by atoms with van der Waals surface area (Å²) in [4.78, 5) is 15.8. The molecule has 11 rings (SSSR count). The van der Waals surface area contributed by atoms with Crippen LogP contribution in [0, 0.1) is 0 Å². The number of hydrogen-bond acceptors (Lipinski definition) is 3. The van der Waals surface area contributed by atoms with Crippen LogP contribution in [0.2, 0.25) is 0 Å². The molecule has 10 aromatic rings. The van der Waals surface area contributed by atoms with Gasteiger partial charge in [0.25, 0.3) is 0 Å². The van der Waals surface area contributed by atoms with Crippen molar-refractivity contribution in [3.63, 3.8) is 0 Å². The van der Waals surface area contributed by atoms with Gasteiger partial charge in [0.2, 0.25) is 0 Å². The second kappa shape index (κ2) is 13.2. The number of benzene rings is 6. The van der Waals surface area contributed by atoms with Crippen LogP contribution in [0.1, 0.15) is 22.6 Å². The van der Waals surface area contributed by atoms with E-state index in [9.17, 15) is 0 Å². The number of aromatic nitrogens is 4. The van der Waals surface area contributed by atoms with Crippen molar-refractivity contribution >= 4 is 21.9 Å². The molecular formula is C52H34N4. The zero-order valence-electron chi connectivity index (χ0n) is 30.4. The molecule has 0 saturated carbocycles. The standard InChI is InChI=1S/C52H34N4/c1-4-16-34(17-5-1)37-30-45(35-18-6-2-7-19-35)54-47(31-37)46-32-38(28-29-53-46)56-48-27-15-14-26-43(48)52-49(56)33-44-50(36-20-8-3-9-21-36)41-24-12-10-22-39(41)40-23-11-13-25-42(40)51(44)55-52/h1-33,50H. The van der Waals surface area contributed by atoms with Crippen LogP contribution < -0.4 is 0 Å². The van der Waals surface area contributed by atoms with Crippen molar-refractivity contribution in [2.75, 3.05) is 0 Å². The van der Waals surface area contributed by atoms with Crippen LogP contribution in [0.25, 0.3) is 83.8 Å². The Hall–Kier alpha value is -7.43. The molecule has 1 atom stereocenters. The molecule has 4 heterocycles. The predicted octanol–water partition coefficient (Wildman–Crippen LogP) is 12.8. The van der Waals surface area contributed by atoms with Crippen molar-refractivity contribution in [1.29, 1.82) is 0 Å². The monoisotopic (exact) mass is 714 g/mol. The summed E-state index contributed by atoms with van der Waals surface area (Å²) in [5.74, 6) is -0.0208. The molecule has 1 aliphatic carbocycles. The van der Waals surface area contributed by atoms with Crippen LogP contribution in [0.4, 0.5) is 0 Å². The first-order valence-corrected chi connectivity index (χ1v) is 19.1. The van der Waals surface area contributed by atoms with E-state index in [4.69, 9.17) is 15.0 Å². The molecule has 4 nitrogen and oxygen atoms in total. The highest BCUT2D eigenvalue weighted by atomic mass is 15.0. The fourth-order valence-corrected chi connectivity index (χ4v) is 8.60. The third kappa shape index (κ3) is 5.26. The van der Waals surface area contributed by atoms with Gasteiger partial charge >= 0.3 is 0 Å². The fraction of sp³-hybridized carbons (Fsp3) is 0.0192. The summed E-state index contributed by atoms with van der Waals surface area (Å²) in [5.41, 5.74) is 18.3. The molecular weight excluding hydrogens is 681 g/mol. The van der Waals surface area contributed by atoms with Gasteiger partial charge in [0.1, 0.15) is 0 Å². The molecule has 0 amide bonds. The topological polar surface area (TPSA) is 43.6 Å². The normalized spacial score (nSPS) is 13.2. The minimum absolute atomic E-state index is 0.0208. The Labute approximate surface area is 325 Å². The number of para-hydroxylation sites is 1. The first-order valence-electron chi connectivity index (χ1n) is 19.1. The van der Waals surface area contributed by atoms with E-state index in [-0.39, 0.29) is 5.92 Å². The highest BCUT2D eigenvalue weighted by molar-refractivity contribution is 6.08. The van der Waals surface area contributed by atoms with Gasteiger partial charge in [0.15, 0.2) is 0 Å². The number of pyridine rings is 3. The fourth-order valence-electron chi connectivity index (χ4n) is 8.60. The van der Waals surface area contributed by atoms with Crippen molar-refractivity contribution in [2.45, 2.75) is 5.92 Å². The second-order valence-corrected chi connectivity index (χ2v) is 14.4. The van der Waals surface area contributed by atoms with E-state index in [1.54, 1.807) is 0 Å². The van der Waals surface area contributed by atoms with E-state index >= 15 is 0 Å². The molecule has 0 radical (unpaired) electrons. The van der Waals surface area contributed by atoms with Crippen LogP contribution in [-0.2, 0) is 0 Å². The lowest BCUT2D eigenvalue weighted by Gasteiger charge is -2.21. The SMILES string of the molecule is c1ccc(-c2cc(-c3ccccc3)nc(-c3cc(-n4c5ccccc5c5nc6c(cc54)C(c4ccccc4)c4ccccc4-c4ccccc4-6)ccn3)c2)cc1. The minimum Gasteiger partial charge on any atom is -0.307 e. The molecule has 0 fully saturated rings. The van der Waals surface area contributed by atoms with Crippen molar-refractivity contribution in [3.8, 4) is 61.8 Å². The van der Waals surface area contributed by atoms with Gasteiger partial charge in [-0.25, -0.2) is 9.97 Å². The molecule has 0 bridgehead atoms. The smallest absolute Gasteiger partial charge is 0.0971 e. The third-order valence-corrected chi connectivity index (χ3v) is 11.1. The summed E-state index contributed by atoms with van der Waals surface area (Å²) in [6.45, 7) is 0. The molecule has 0 saturated heterocycles. The lowest BCUT2D eigenvalue weighted by molar-refractivity contribution is 0.979. The van der Waals surface area contributed by atoms with Gasteiger partial charge in [-0.05, 0) is 75.3 Å². The third-order valence-electron chi connectivity index (χ3n) is 11.1. The van der Waals surface area contributed by atoms with E-state index in [0.717, 1.165) is 72.7 Å². The maximum absolute atomic E-state index is 5.67. The molecule has 1 unspecified atom stereocenters. The molecule has 4 heteroatoms. The Balaban J connectivity index is 1.16. The number of fused-ring (bicyclic) bond motifs is 8. The summed E-state index contributed by atoms with van der Waals surface area (Å²) >= 11 is 0. The zero-order valence-corrected chi connectivity index (χ0v) is 30.4. The molecule has 0 N–H and O–H groups in total. The Morgan fingerprint density at radius 2 is 1.05 bits per heavy atom. The van der Waals surface area contributed by atoms with Crippen molar-refractivity contribution in [2.24, 2.45) is 0 Å². The van der Waals surface area contributed by atoms with E-state index in [0.29, 0.717) is 0 Å². The summed E-state index contributed by atoms with van der Waals surface area (Å²) in [5, 5.41) is 1.11. The van der Waals surface area contributed by atoms with E-state index < -0.39 is 0 Å². The summed E-state index contributed by atoms with van der Waals surface area (Å²) in [6, 6.07) is 68.9. The van der Waals surface area contributed by atoms with Crippen LogP contribution in [0.15, 0.2) is 200 Å². The summed E-state index contributed by atoms with van der Waals surface area (Å²) in [6.07, 6.45) is 1.90. The molecule has 1 aliphatic rings. The highest BCUT2D eigenvalue weighted by Crippen LogP contribution is 2.49. The quantitative estimate of drug-likeness (QED) is 0.178. The van der Waals surface area contributed by atoms with Gasteiger partial charge in [-0.15, -0.1) is 0 Å². The Morgan fingerprint density at radius 1 is 0.411 bits per heavy atom. The van der Waals surface area contributed by atoms with Gasteiger partial charge in [0.05, 0.1) is 39.3 Å². The maximum Gasteiger partial charge on any atom is 0.0971 e. The van der Waals surface area contributed by atoms with Gasteiger partial charge in [-0.3, -0.25) is 4.98 Å². The van der Waals surface area contributed by atoms with Crippen LogP contribution in [0.3, 0.4) is 0 Å². The number of nitrogens with zero attached hydrogens (tertiary/aromatic N) is 4. The van der Waals surface area contributed by atoms with Gasteiger partial charge in [-0.1, -0.05) is 158 Å². The Morgan fingerprint density at radius 3 is 1.86 bits per heavy atom. The van der Waals surface area contributed by atoms with Crippen molar-refractivity contribution < 1.29 is 0 Å².